The first kappa shape index (κ1) is 14.2. The van der Waals surface area contributed by atoms with E-state index in [-0.39, 0.29) is 0 Å². The van der Waals surface area contributed by atoms with Crippen molar-refractivity contribution in [3.05, 3.63) is 35.5 Å². The molecule has 6 nitrogen and oxygen atoms in total. The van der Waals surface area contributed by atoms with Crippen LogP contribution in [0, 0.1) is 6.92 Å². The number of hydrogen-bond donors (Lipinski definition) is 2. The summed E-state index contributed by atoms with van der Waals surface area (Å²) < 4.78 is 7.97. The maximum atomic E-state index is 5.62. The molecule has 5 heterocycles. The molecule has 0 radical (unpaired) electrons. The van der Waals surface area contributed by atoms with E-state index in [2.05, 4.69) is 32.8 Å². The molecular formula is C18H21N5O. The van der Waals surface area contributed by atoms with Crippen LogP contribution >= 0.6 is 0 Å². The smallest absolute Gasteiger partial charge is 0.137 e. The van der Waals surface area contributed by atoms with E-state index in [1.807, 2.05) is 12.4 Å². The fraction of sp³-hybridized carbons (Fsp3) is 0.444. The highest BCUT2D eigenvalue weighted by Crippen LogP contribution is 2.35. The lowest BCUT2D eigenvalue weighted by Gasteiger charge is -2.20. The van der Waals surface area contributed by atoms with E-state index in [9.17, 15) is 0 Å². The quantitative estimate of drug-likeness (QED) is 0.761. The molecule has 2 N–H and O–H groups in total. The number of nitrogens with one attached hydrogen (secondary N) is 2. The van der Waals surface area contributed by atoms with Crippen LogP contribution in [0.3, 0.4) is 0 Å². The largest absolute Gasteiger partial charge is 0.372 e. The first-order chi connectivity index (χ1) is 11.8. The second-order valence-corrected chi connectivity index (χ2v) is 6.71. The van der Waals surface area contributed by atoms with Gasteiger partial charge in [-0.05, 0) is 37.9 Å². The lowest BCUT2D eigenvalue weighted by atomic mass is 10.0. The lowest BCUT2D eigenvalue weighted by Crippen LogP contribution is -2.23. The maximum Gasteiger partial charge on any atom is 0.137 e. The SMILES string of the molecule is Cc1c[nH]c2ncc(-c3nc4n(c3C3CCCN3)CCOC4)cc12. The van der Waals surface area contributed by atoms with Gasteiger partial charge in [0.15, 0.2) is 0 Å². The molecule has 0 amide bonds. The van der Waals surface area contributed by atoms with E-state index in [4.69, 9.17) is 9.72 Å². The van der Waals surface area contributed by atoms with Gasteiger partial charge in [0.1, 0.15) is 18.1 Å². The van der Waals surface area contributed by atoms with Gasteiger partial charge in [0.25, 0.3) is 0 Å². The molecule has 1 unspecified atom stereocenters. The van der Waals surface area contributed by atoms with Gasteiger partial charge in [-0.3, -0.25) is 0 Å². The van der Waals surface area contributed by atoms with Crippen LogP contribution in [0.25, 0.3) is 22.3 Å². The van der Waals surface area contributed by atoms with Crippen LogP contribution in [0.5, 0.6) is 0 Å². The van der Waals surface area contributed by atoms with Crippen LogP contribution in [-0.2, 0) is 17.9 Å². The fourth-order valence-corrected chi connectivity index (χ4v) is 3.94. The molecule has 0 saturated carbocycles. The van der Waals surface area contributed by atoms with E-state index >= 15 is 0 Å². The Morgan fingerprint density at radius 3 is 3.21 bits per heavy atom. The molecule has 1 fully saturated rings. The standard InChI is InChI=1S/C18H21N5O/c1-11-8-20-18-13(11)7-12(9-21-18)16-17(14-3-2-4-19-14)23-5-6-24-10-15(23)22-16/h7-9,14,19H,2-6,10H2,1H3,(H,20,21). The molecule has 1 atom stereocenters. The summed E-state index contributed by atoms with van der Waals surface area (Å²) in [7, 11) is 0. The molecule has 0 spiro atoms. The molecule has 24 heavy (non-hydrogen) atoms. The Hall–Kier alpha value is -2.18. The van der Waals surface area contributed by atoms with E-state index < -0.39 is 0 Å². The van der Waals surface area contributed by atoms with Crippen molar-refractivity contribution in [3.63, 3.8) is 0 Å². The predicted molar refractivity (Wildman–Crippen MR) is 91.7 cm³/mol. The third-order valence-electron chi connectivity index (χ3n) is 5.18. The first-order valence-corrected chi connectivity index (χ1v) is 8.66. The van der Waals surface area contributed by atoms with Gasteiger partial charge in [0, 0.05) is 35.9 Å². The topological polar surface area (TPSA) is 67.8 Å². The van der Waals surface area contributed by atoms with Gasteiger partial charge in [-0.25, -0.2) is 9.97 Å². The first-order valence-electron chi connectivity index (χ1n) is 8.66. The predicted octanol–water partition coefficient (Wildman–Crippen LogP) is 2.69. The number of aryl methyl sites for hydroxylation is 1. The molecule has 2 aliphatic heterocycles. The highest BCUT2D eigenvalue weighted by Gasteiger charge is 2.29. The summed E-state index contributed by atoms with van der Waals surface area (Å²) in [6, 6.07) is 2.59. The van der Waals surface area contributed by atoms with Gasteiger partial charge in [-0.1, -0.05) is 0 Å². The summed E-state index contributed by atoms with van der Waals surface area (Å²) in [5, 5.41) is 4.80. The van der Waals surface area contributed by atoms with Crippen LogP contribution in [-0.4, -0.2) is 32.7 Å². The van der Waals surface area contributed by atoms with Crippen molar-refractivity contribution in [1.29, 1.82) is 0 Å². The molecule has 3 aromatic rings. The van der Waals surface area contributed by atoms with E-state index in [1.165, 1.54) is 23.1 Å². The van der Waals surface area contributed by atoms with Crippen LogP contribution in [0.15, 0.2) is 18.5 Å². The van der Waals surface area contributed by atoms with Crippen LogP contribution in [0.4, 0.5) is 0 Å². The number of nitrogens with zero attached hydrogens (tertiary/aromatic N) is 3. The summed E-state index contributed by atoms with van der Waals surface area (Å²) in [6.45, 7) is 5.43. The summed E-state index contributed by atoms with van der Waals surface area (Å²) in [5.41, 5.74) is 5.61. The maximum absolute atomic E-state index is 5.62. The van der Waals surface area contributed by atoms with Crippen molar-refractivity contribution >= 4 is 11.0 Å². The van der Waals surface area contributed by atoms with Gasteiger partial charge in [-0.15, -0.1) is 0 Å². The Morgan fingerprint density at radius 1 is 1.38 bits per heavy atom. The number of rotatable bonds is 2. The van der Waals surface area contributed by atoms with Crippen molar-refractivity contribution in [1.82, 2.24) is 24.8 Å². The fourth-order valence-electron chi connectivity index (χ4n) is 3.94. The third kappa shape index (κ3) is 2.10. The number of aromatic nitrogens is 4. The molecule has 0 aliphatic carbocycles. The monoisotopic (exact) mass is 323 g/mol. The van der Waals surface area contributed by atoms with Gasteiger partial charge in [0.2, 0.25) is 0 Å². The van der Waals surface area contributed by atoms with Crippen molar-refractivity contribution < 1.29 is 4.74 Å². The molecule has 6 heteroatoms. The minimum atomic E-state index is 0.377. The Bertz CT molecular complexity index is 904. The Kier molecular flexibility index (Phi) is 3.21. The number of H-pyrrole nitrogens is 1. The lowest BCUT2D eigenvalue weighted by molar-refractivity contribution is 0.0801. The van der Waals surface area contributed by atoms with Gasteiger partial charge in [-0.2, -0.15) is 0 Å². The van der Waals surface area contributed by atoms with Crippen molar-refractivity contribution in [2.24, 2.45) is 0 Å². The Labute approximate surface area is 140 Å². The second kappa shape index (κ2) is 5.43. The zero-order valence-corrected chi connectivity index (χ0v) is 13.8. The van der Waals surface area contributed by atoms with Gasteiger partial charge >= 0.3 is 0 Å². The van der Waals surface area contributed by atoms with E-state index in [1.54, 1.807) is 0 Å². The number of fused-ring (bicyclic) bond motifs is 2. The average molecular weight is 323 g/mol. The molecule has 1 saturated heterocycles. The Morgan fingerprint density at radius 2 is 2.33 bits per heavy atom. The molecule has 0 bridgehead atoms. The molecule has 0 aromatic carbocycles. The summed E-state index contributed by atoms with van der Waals surface area (Å²) in [4.78, 5) is 12.7. The van der Waals surface area contributed by atoms with Gasteiger partial charge in [0.05, 0.1) is 18.0 Å². The van der Waals surface area contributed by atoms with Crippen LogP contribution in [0.1, 0.15) is 36.0 Å². The number of hydrogen-bond acceptors (Lipinski definition) is 4. The Balaban J connectivity index is 1.70. The van der Waals surface area contributed by atoms with E-state index in [0.29, 0.717) is 12.6 Å². The van der Waals surface area contributed by atoms with Crippen LogP contribution in [0.2, 0.25) is 0 Å². The number of ether oxygens (including phenoxy) is 1. The van der Waals surface area contributed by atoms with E-state index in [0.717, 1.165) is 48.8 Å². The number of pyridine rings is 1. The summed E-state index contributed by atoms with van der Waals surface area (Å²) in [6.07, 6.45) is 6.33. The molecule has 3 aromatic heterocycles. The number of imidazole rings is 1. The zero-order chi connectivity index (χ0) is 16.1. The minimum absolute atomic E-state index is 0.377. The van der Waals surface area contributed by atoms with Crippen molar-refractivity contribution in [2.75, 3.05) is 13.2 Å². The molecular weight excluding hydrogens is 302 g/mol. The van der Waals surface area contributed by atoms with Crippen molar-refractivity contribution in [2.45, 2.75) is 39.0 Å². The average Bonchev–Trinajstić information content (AvgIpc) is 3.32. The molecule has 124 valence electrons. The summed E-state index contributed by atoms with van der Waals surface area (Å²) >= 11 is 0. The number of aromatic amines is 1. The third-order valence-corrected chi connectivity index (χ3v) is 5.18. The van der Waals surface area contributed by atoms with Crippen LogP contribution < -0.4 is 5.32 Å². The van der Waals surface area contributed by atoms with Crippen molar-refractivity contribution in [3.8, 4) is 11.3 Å². The molecule has 2 aliphatic rings. The minimum Gasteiger partial charge on any atom is -0.372 e. The normalized spacial score (nSPS) is 20.6. The zero-order valence-electron chi connectivity index (χ0n) is 13.8. The highest BCUT2D eigenvalue weighted by atomic mass is 16.5. The highest BCUT2D eigenvalue weighted by molar-refractivity contribution is 5.84. The van der Waals surface area contributed by atoms with Gasteiger partial charge < -0.3 is 19.6 Å². The second-order valence-electron chi connectivity index (χ2n) is 6.71. The molecule has 5 rings (SSSR count). The summed E-state index contributed by atoms with van der Waals surface area (Å²) in [5.74, 6) is 1.03.